The van der Waals surface area contributed by atoms with Crippen molar-refractivity contribution in [2.45, 2.75) is 77.3 Å². The van der Waals surface area contributed by atoms with Crippen LogP contribution in [0.4, 0.5) is 9.59 Å². The van der Waals surface area contributed by atoms with Crippen LogP contribution in [0.1, 0.15) is 65.2 Å². The number of esters is 2. The van der Waals surface area contributed by atoms with Gasteiger partial charge in [0.2, 0.25) is 0 Å². The zero-order chi connectivity index (χ0) is 25.1. The van der Waals surface area contributed by atoms with Gasteiger partial charge >= 0.3 is 24.0 Å². The van der Waals surface area contributed by atoms with E-state index in [1.165, 1.54) is 0 Å². The maximum atomic E-state index is 12.4. The molecular weight excluding hydrogens is 448 g/mol. The second-order valence-electron chi connectivity index (χ2n) is 8.09. The van der Waals surface area contributed by atoms with Gasteiger partial charge in [0.1, 0.15) is 12.1 Å². The minimum absolute atomic E-state index is 0.0604. The highest BCUT2D eigenvalue weighted by atomic mass is 16.5. The Morgan fingerprint density at radius 3 is 1.44 bits per heavy atom. The van der Waals surface area contributed by atoms with Gasteiger partial charge in [0, 0.05) is 25.9 Å². The number of unbranched alkanes of at least 4 members (excludes halogenated alkanes) is 3. The zero-order valence-electron chi connectivity index (χ0n) is 19.8. The molecule has 0 aliphatic carbocycles. The van der Waals surface area contributed by atoms with Crippen LogP contribution < -0.4 is 10.6 Å². The van der Waals surface area contributed by atoms with E-state index in [0.29, 0.717) is 25.7 Å². The van der Waals surface area contributed by atoms with E-state index in [4.69, 9.17) is 9.47 Å². The van der Waals surface area contributed by atoms with Crippen molar-refractivity contribution in [3.63, 3.8) is 0 Å². The Kier molecular flexibility index (Phi) is 10.8. The summed E-state index contributed by atoms with van der Waals surface area (Å²) in [7, 11) is 0. The van der Waals surface area contributed by atoms with E-state index >= 15 is 0 Å². The molecule has 2 heterocycles. The molecule has 0 spiro atoms. The van der Waals surface area contributed by atoms with E-state index in [-0.39, 0.29) is 63.8 Å². The molecule has 12 nitrogen and oxygen atoms in total. The standard InChI is InChI=1S/C22H34N4O8/c1-3-33-17(27)11-9-15-19(29)25(21(31)23-15)13-7-5-6-8-14-26-20(30)16(24-22(26)32)10-12-18(28)34-4-2/h15-16H,3-14H2,1-2H3,(H,23,31)(H,24,32). The predicted molar refractivity (Wildman–Crippen MR) is 118 cm³/mol. The first kappa shape index (κ1) is 27.1. The number of hydrogen-bond donors (Lipinski definition) is 2. The van der Waals surface area contributed by atoms with Crippen LogP contribution in [0.15, 0.2) is 0 Å². The molecule has 2 aliphatic heterocycles. The third kappa shape index (κ3) is 7.70. The molecular formula is C22H34N4O8. The molecule has 2 fully saturated rings. The molecule has 2 rings (SSSR count). The Morgan fingerprint density at radius 1 is 0.706 bits per heavy atom. The molecule has 2 N–H and O–H groups in total. The van der Waals surface area contributed by atoms with Crippen molar-refractivity contribution in [1.82, 2.24) is 20.4 Å². The molecule has 0 aromatic heterocycles. The summed E-state index contributed by atoms with van der Waals surface area (Å²) >= 11 is 0. The van der Waals surface area contributed by atoms with Gasteiger partial charge in [-0.2, -0.15) is 0 Å². The van der Waals surface area contributed by atoms with Crippen LogP contribution in [0.3, 0.4) is 0 Å². The molecule has 2 saturated heterocycles. The predicted octanol–water partition coefficient (Wildman–Crippen LogP) is 1.07. The summed E-state index contributed by atoms with van der Waals surface area (Å²) in [5.41, 5.74) is 0. The van der Waals surface area contributed by atoms with Crippen LogP contribution in [0.25, 0.3) is 0 Å². The summed E-state index contributed by atoms with van der Waals surface area (Å²) in [6.45, 7) is 4.46. The Bertz CT molecular complexity index is 723. The van der Waals surface area contributed by atoms with E-state index in [2.05, 4.69) is 10.6 Å². The average molecular weight is 483 g/mol. The minimum Gasteiger partial charge on any atom is -0.466 e. The Balaban J connectivity index is 1.63. The Hall–Kier alpha value is -3.18. The van der Waals surface area contributed by atoms with Crippen molar-refractivity contribution in [3.05, 3.63) is 0 Å². The van der Waals surface area contributed by atoms with Gasteiger partial charge in [-0.25, -0.2) is 9.59 Å². The van der Waals surface area contributed by atoms with E-state index in [9.17, 15) is 28.8 Å². The lowest BCUT2D eigenvalue weighted by atomic mass is 10.1. The van der Waals surface area contributed by atoms with Gasteiger partial charge < -0.3 is 20.1 Å². The van der Waals surface area contributed by atoms with Crippen molar-refractivity contribution in [3.8, 4) is 0 Å². The van der Waals surface area contributed by atoms with Gasteiger partial charge in [-0.15, -0.1) is 0 Å². The highest BCUT2D eigenvalue weighted by Crippen LogP contribution is 2.15. The summed E-state index contributed by atoms with van der Waals surface area (Å²) in [6.07, 6.45) is 3.12. The summed E-state index contributed by atoms with van der Waals surface area (Å²) < 4.78 is 9.67. The molecule has 0 aromatic rings. The van der Waals surface area contributed by atoms with Crippen molar-refractivity contribution in [2.75, 3.05) is 26.3 Å². The smallest absolute Gasteiger partial charge is 0.324 e. The van der Waals surface area contributed by atoms with Crippen LogP contribution in [0, 0.1) is 0 Å². The fraction of sp³-hybridized carbons (Fsp3) is 0.727. The van der Waals surface area contributed by atoms with Crippen molar-refractivity contribution in [2.24, 2.45) is 0 Å². The molecule has 0 radical (unpaired) electrons. The molecule has 2 aliphatic rings. The maximum Gasteiger partial charge on any atom is 0.324 e. The topological polar surface area (TPSA) is 151 Å². The first-order chi connectivity index (χ1) is 16.3. The third-order valence-corrected chi connectivity index (χ3v) is 5.61. The minimum atomic E-state index is -0.714. The van der Waals surface area contributed by atoms with Gasteiger partial charge in [-0.1, -0.05) is 12.8 Å². The normalized spacial score (nSPS) is 19.9. The second kappa shape index (κ2) is 13.5. The lowest BCUT2D eigenvalue weighted by Crippen LogP contribution is -2.33. The molecule has 2 unspecified atom stereocenters. The van der Waals surface area contributed by atoms with Gasteiger partial charge in [0.25, 0.3) is 11.8 Å². The highest BCUT2D eigenvalue weighted by Gasteiger charge is 2.38. The summed E-state index contributed by atoms with van der Waals surface area (Å²) in [6, 6.07) is -2.36. The van der Waals surface area contributed by atoms with Gasteiger partial charge in [-0.3, -0.25) is 29.0 Å². The van der Waals surface area contributed by atoms with Crippen molar-refractivity contribution >= 4 is 35.8 Å². The lowest BCUT2D eigenvalue weighted by Gasteiger charge is -2.14. The second-order valence-corrected chi connectivity index (χ2v) is 8.09. The van der Waals surface area contributed by atoms with Crippen LogP contribution in [-0.4, -0.2) is 84.0 Å². The largest absolute Gasteiger partial charge is 0.466 e. The van der Waals surface area contributed by atoms with Gasteiger partial charge in [0.05, 0.1) is 13.2 Å². The highest BCUT2D eigenvalue weighted by molar-refractivity contribution is 6.04. The van der Waals surface area contributed by atoms with E-state index in [1.807, 2.05) is 0 Å². The molecule has 6 amide bonds. The zero-order valence-corrected chi connectivity index (χ0v) is 19.8. The Morgan fingerprint density at radius 2 is 1.09 bits per heavy atom. The SMILES string of the molecule is CCOC(=O)CCC1NC(=O)N(CCCCCCN2C(=O)NC(CCC(=O)OCC)C2=O)C1=O. The number of carbonyl (C=O) groups excluding carboxylic acids is 6. The van der Waals surface area contributed by atoms with E-state index < -0.39 is 36.1 Å². The summed E-state index contributed by atoms with van der Waals surface area (Å²) in [5, 5.41) is 5.18. The average Bonchev–Trinajstić information content (AvgIpc) is 3.22. The number of nitrogens with one attached hydrogen (secondary N) is 2. The van der Waals surface area contributed by atoms with Crippen LogP contribution in [0.5, 0.6) is 0 Å². The van der Waals surface area contributed by atoms with Crippen LogP contribution in [-0.2, 0) is 28.7 Å². The molecule has 0 bridgehead atoms. The van der Waals surface area contributed by atoms with Crippen molar-refractivity contribution in [1.29, 1.82) is 0 Å². The number of amides is 6. The summed E-state index contributed by atoms with van der Waals surface area (Å²) in [5.74, 6) is -1.50. The number of urea groups is 2. The lowest BCUT2D eigenvalue weighted by molar-refractivity contribution is -0.144. The number of imide groups is 2. The Labute approximate surface area is 198 Å². The number of rotatable bonds is 15. The number of carbonyl (C=O) groups is 6. The monoisotopic (exact) mass is 482 g/mol. The first-order valence-electron chi connectivity index (χ1n) is 11.8. The third-order valence-electron chi connectivity index (χ3n) is 5.61. The van der Waals surface area contributed by atoms with Gasteiger partial charge in [-0.05, 0) is 39.5 Å². The molecule has 0 saturated carbocycles. The number of nitrogens with zero attached hydrogens (tertiary/aromatic N) is 2. The molecule has 34 heavy (non-hydrogen) atoms. The van der Waals surface area contributed by atoms with Gasteiger partial charge in [0.15, 0.2) is 0 Å². The quantitative estimate of drug-likeness (QED) is 0.200. The number of ether oxygens (including phenoxy) is 2. The maximum absolute atomic E-state index is 12.4. The fourth-order valence-corrected chi connectivity index (χ4v) is 3.85. The van der Waals surface area contributed by atoms with Crippen LogP contribution in [0.2, 0.25) is 0 Å². The molecule has 190 valence electrons. The molecule has 12 heteroatoms. The van der Waals surface area contributed by atoms with E-state index in [1.54, 1.807) is 13.8 Å². The molecule has 2 atom stereocenters. The van der Waals surface area contributed by atoms with Crippen molar-refractivity contribution < 1.29 is 38.2 Å². The van der Waals surface area contributed by atoms with Crippen LogP contribution >= 0.6 is 0 Å². The first-order valence-corrected chi connectivity index (χ1v) is 11.8. The number of hydrogen-bond acceptors (Lipinski definition) is 8. The van der Waals surface area contributed by atoms with E-state index in [0.717, 1.165) is 9.80 Å². The fourth-order valence-electron chi connectivity index (χ4n) is 3.85. The summed E-state index contributed by atoms with van der Waals surface area (Å²) in [4.78, 5) is 74.1. The molecule has 0 aromatic carbocycles.